The van der Waals surface area contributed by atoms with E-state index in [1.165, 1.54) is 7.05 Å². The number of likely N-dealkylation sites (N-methyl/N-ethyl adjacent to an activating group) is 1. The third kappa shape index (κ3) is 2.62. The van der Waals surface area contributed by atoms with Crippen molar-refractivity contribution in [3.8, 4) is 0 Å². The number of imide groups is 2. The first-order valence-electron chi connectivity index (χ1n) is 7.30. The lowest BCUT2D eigenvalue weighted by Crippen LogP contribution is -2.41. The third-order valence-corrected chi connectivity index (χ3v) is 3.80. The highest BCUT2D eigenvalue weighted by Crippen LogP contribution is 2.23. The number of carbonyl (C=O) groups excluding carboxylic acids is 4. The van der Waals surface area contributed by atoms with Gasteiger partial charge in [-0.2, -0.15) is 0 Å². The summed E-state index contributed by atoms with van der Waals surface area (Å²) in [4.78, 5) is 48.2. The van der Waals surface area contributed by atoms with Crippen molar-refractivity contribution in [1.82, 2.24) is 15.1 Å². The fraction of sp³-hybridized carbons (Fsp3) is 0.250. The molecule has 0 bridgehead atoms. The normalized spacial score (nSPS) is 16.2. The van der Waals surface area contributed by atoms with E-state index in [-0.39, 0.29) is 0 Å². The number of benzene rings is 1. The molecule has 3 rings (SSSR count). The van der Waals surface area contributed by atoms with Gasteiger partial charge in [0.15, 0.2) is 0 Å². The summed E-state index contributed by atoms with van der Waals surface area (Å²) in [6.45, 7) is 1.21. The molecular formula is C16H15N3O5. The van der Waals surface area contributed by atoms with Crippen LogP contribution in [0.1, 0.15) is 18.7 Å². The van der Waals surface area contributed by atoms with E-state index in [9.17, 15) is 19.2 Å². The summed E-state index contributed by atoms with van der Waals surface area (Å²) in [5.41, 5.74) is 0.700. The first-order chi connectivity index (χ1) is 11.4. The molecule has 1 aliphatic heterocycles. The highest BCUT2D eigenvalue weighted by molar-refractivity contribution is 6.44. The number of hydrogen-bond acceptors (Lipinski definition) is 5. The number of carbonyl (C=O) groups is 4. The molecule has 0 radical (unpaired) electrons. The predicted molar refractivity (Wildman–Crippen MR) is 82.7 cm³/mol. The largest absolute Gasteiger partial charge is 0.459 e. The molecule has 1 aromatic carbocycles. The van der Waals surface area contributed by atoms with Gasteiger partial charge in [-0.05, 0) is 19.1 Å². The molecule has 24 heavy (non-hydrogen) atoms. The molecule has 1 atom stereocenters. The van der Waals surface area contributed by atoms with Crippen molar-refractivity contribution in [2.75, 3.05) is 13.6 Å². The standard InChI is InChI=1S/C16H15N3O5/c1-9(12-7-10-5-3-4-6-11(10)24-12)17-13(20)8-19-15(22)14(21)18(2)16(19)23/h3-7,9H,8H2,1-2H3,(H,17,20)/t9-/m0/s1. The maximum atomic E-state index is 12.1. The maximum Gasteiger partial charge on any atom is 0.334 e. The van der Waals surface area contributed by atoms with E-state index < -0.39 is 36.3 Å². The van der Waals surface area contributed by atoms with Gasteiger partial charge in [0, 0.05) is 12.4 Å². The number of nitrogens with one attached hydrogen (secondary N) is 1. The first kappa shape index (κ1) is 15.7. The van der Waals surface area contributed by atoms with Crippen molar-refractivity contribution in [2.24, 2.45) is 0 Å². The second-order valence-electron chi connectivity index (χ2n) is 5.51. The molecule has 8 heteroatoms. The zero-order valence-electron chi connectivity index (χ0n) is 13.1. The number of fused-ring (bicyclic) bond motifs is 1. The van der Waals surface area contributed by atoms with E-state index in [1.54, 1.807) is 6.92 Å². The highest BCUT2D eigenvalue weighted by Gasteiger charge is 2.43. The Morgan fingerprint density at radius 2 is 1.92 bits per heavy atom. The number of hydrogen-bond donors (Lipinski definition) is 1. The predicted octanol–water partition coefficient (Wildman–Crippen LogP) is 1.03. The topological polar surface area (TPSA) is 99.9 Å². The fourth-order valence-corrected chi connectivity index (χ4v) is 2.47. The summed E-state index contributed by atoms with van der Waals surface area (Å²) >= 11 is 0. The molecule has 124 valence electrons. The zero-order valence-corrected chi connectivity index (χ0v) is 13.1. The van der Waals surface area contributed by atoms with Crippen LogP contribution in [0.25, 0.3) is 11.0 Å². The van der Waals surface area contributed by atoms with E-state index in [0.717, 1.165) is 5.39 Å². The lowest BCUT2D eigenvalue weighted by atomic mass is 10.2. The lowest BCUT2D eigenvalue weighted by Gasteiger charge is -2.15. The van der Waals surface area contributed by atoms with E-state index >= 15 is 0 Å². The SMILES string of the molecule is C[C@H](NC(=O)CN1C(=O)C(=O)N(C)C1=O)c1cc2ccccc2o1. The first-order valence-corrected chi connectivity index (χ1v) is 7.30. The number of rotatable bonds is 4. The van der Waals surface area contributed by atoms with Crippen molar-refractivity contribution in [1.29, 1.82) is 0 Å². The lowest BCUT2D eigenvalue weighted by molar-refractivity contribution is -0.143. The van der Waals surface area contributed by atoms with Crippen molar-refractivity contribution >= 4 is 34.7 Å². The second-order valence-corrected chi connectivity index (χ2v) is 5.51. The Morgan fingerprint density at radius 1 is 1.21 bits per heavy atom. The molecule has 1 N–H and O–H groups in total. The van der Waals surface area contributed by atoms with Crippen LogP contribution in [-0.4, -0.2) is 47.1 Å². The summed E-state index contributed by atoms with van der Waals surface area (Å²) < 4.78 is 5.65. The summed E-state index contributed by atoms with van der Waals surface area (Å²) in [5, 5.41) is 3.55. The van der Waals surface area contributed by atoms with Gasteiger partial charge in [-0.1, -0.05) is 18.2 Å². The molecule has 0 saturated carbocycles. The summed E-state index contributed by atoms with van der Waals surface area (Å²) in [6.07, 6.45) is 0. The number of urea groups is 1. The van der Waals surface area contributed by atoms with E-state index in [4.69, 9.17) is 4.42 Å². The van der Waals surface area contributed by atoms with Gasteiger partial charge in [-0.3, -0.25) is 19.3 Å². The molecule has 2 heterocycles. The number of para-hydroxylation sites is 1. The average Bonchev–Trinajstić information content (AvgIpc) is 3.07. The van der Waals surface area contributed by atoms with Crippen LogP contribution in [0.3, 0.4) is 0 Å². The van der Waals surface area contributed by atoms with Crippen molar-refractivity contribution < 1.29 is 23.6 Å². The molecule has 1 fully saturated rings. The van der Waals surface area contributed by atoms with Crippen LogP contribution >= 0.6 is 0 Å². The van der Waals surface area contributed by atoms with Gasteiger partial charge < -0.3 is 9.73 Å². The summed E-state index contributed by atoms with van der Waals surface area (Å²) in [6, 6.07) is 7.97. The van der Waals surface area contributed by atoms with Crippen LogP contribution in [0.5, 0.6) is 0 Å². The van der Waals surface area contributed by atoms with Crippen molar-refractivity contribution in [3.63, 3.8) is 0 Å². The second kappa shape index (κ2) is 5.80. The zero-order chi connectivity index (χ0) is 17.4. The minimum atomic E-state index is -1.01. The van der Waals surface area contributed by atoms with Gasteiger partial charge in [-0.15, -0.1) is 0 Å². The van der Waals surface area contributed by atoms with E-state index in [0.29, 0.717) is 21.1 Å². The Balaban J connectivity index is 1.67. The van der Waals surface area contributed by atoms with Gasteiger partial charge >= 0.3 is 17.8 Å². The summed E-state index contributed by atoms with van der Waals surface area (Å²) in [7, 11) is 1.19. The molecule has 1 aliphatic rings. The van der Waals surface area contributed by atoms with Gasteiger partial charge in [-0.25, -0.2) is 9.69 Å². The van der Waals surface area contributed by atoms with Crippen molar-refractivity contribution in [2.45, 2.75) is 13.0 Å². The Hall–Kier alpha value is -3.16. The maximum absolute atomic E-state index is 12.1. The molecule has 0 spiro atoms. The molecule has 1 saturated heterocycles. The number of nitrogens with zero attached hydrogens (tertiary/aromatic N) is 2. The molecule has 0 unspecified atom stereocenters. The average molecular weight is 329 g/mol. The molecule has 5 amide bonds. The molecule has 8 nitrogen and oxygen atoms in total. The molecule has 1 aromatic heterocycles. The highest BCUT2D eigenvalue weighted by atomic mass is 16.3. The third-order valence-electron chi connectivity index (χ3n) is 3.80. The monoisotopic (exact) mass is 329 g/mol. The minimum Gasteiger partial charge on any atom is -0.459 e. The van der Waals surface area contributed by atoms with Crippen LogP contribution < -0.4 is 5.32 Å². The number of furan rings is 1. The smallest absolute Gasteiger partial charge is 0.334 e. The fourth-order valence-electron chi connectivity index (χ4n) is 2.47. The Bertz CT molecular complexity index is 823. The van der Waals surface area contributed by atoms with Crippen LogP contribution in [0.4, 0.5) is 4.79 Å². The summed E-state index contributed by atoms with van der Waals surface area (Å²) in [5.74, 6) is -1.96. The molecule has 0 aliphatic carbocycles. The van der Waals surface area contributed by atoms with Crippen LogP contribution in [-0.2, 0) is 14.4 Å². The minimum absolute atomic E-state index is 0.453. The Morgan fingerprint density at radius 3 is 2.54 bits per heavy atom. The number of amides is 5. The molecule has 2 aromatic rings. The van der Waals surface area contributed by atoms with Crippen LogP contribution in [0.2, 0.25) is 0 Å². The molecular weight excluding hydrogens is 314 g/mol. The Kier molecular flexibility index (Phi) is 3.80. The Labute approximate surface area is 137 Å². The van der Waals surface area contributed by atoms with Gasteiger partial charge in [0.2, 0.25) is 5.91 Å². The van der Waals surface area contributed by atoms with E-state index in [1.807, 2.05) is 30.3 Å². The van der Waals surface area contributed by atoms with Gasteiger partial charge in [0.1, 0.15) is 17.9 Å². The van der Waals surface area contributed by atoms with E-state index in [2.05, 4.69) is 5.32 Å². The van der Waals surface area contributed by atoms with Crippen molar-refractivity contribution in [3.05, 3.63) is 36.1 Å². The van der Waals surface area contributed by atoms with Crippen LogP contribution in [0.15, 0.2) is 34.7 Å². The van der Waals surface area contributed by atoms with Gasteiger partial charge in [0.25, 0.3) is 0 Å². The van der Waals surface area contributed by atoms with Gasteiger partial charge in [0.05, 0.1) is 6.04 Å². The quantitative estimate of drug-likeness (QED) is 0.667. The van der Waals surface area contributed by atoms with Crippen LogP contribution in [0, 0.1) is 0 Å².